The van der Waals surface area contributed by atoms with Gasteiger partial charge in [0.25, 0.3) is 0 Å². The van der Waals surface area contributed by atoms with E-state index >= 15 is 0 Å². The third-order valence-corrected chi connectivity index (χ3v) is 2.91. The Morgan fingerprint density at radius 2 is 1.71 bits per heavy atom. The van der Waals surface area contributed by atoms with Crippen LogP contribution in [0.4, 0.5) is 0 Å². The summed E-state index contributed by atoms with van der Waals surface area (Å²) in [5.41, 5.74) is 5.26. The summed E-state index contributed by atoms with van der Waals surface area (Å²) >= 11 is 11.1. The molecule has 17 heavy (non-hydrogen) atoms. The van der Waals surface area contributed by atoms with Crippen LogP contribution in [-0.4, -0.2) is 4.99 Å². The normalized spacial score (nSPS) is 10.0. The fourth-order valence-corrected chi connectivity index (χ4v) is 1.73. The molecular weight excluding hydrogens is 252 g/mol. The fraction of sp³-hybridized carbons (Fsp3) is 0.0769. The summed E-state index contributed by atoms with van der Waals surface area (Å²) in [7, 11) is 0. The number of benzene rings is 1. The van der Waals surface area contributed by atoms with Crippen molar-refractivity contribution >= 4 is 28.8 Å². The summed E-state index contributed by atoms with van der Waals surface area (Å²) in [6.07, 6.45) is 3.86. The zero-order valence-corrected chi connectivity index (χ0v) is 10.9. The highest BCUT2D eigenvalue weighted by molar-refractivity contribution is 7.81. The molecule has 0 spiro atoms. The predicted octanol–water partition coefficient (Wildman–Crippen LogP) is 2.86. The van der Waals surface area contributed by atoms with Crippen LogP contribution in [0.1, 0.15) is 11.1 Å². The van der Waals surface area contributed by atoms with Crippen molar-refractivity contribution in [2.45, 2.75) is 6.92 Å². The van der Waals surface area contributed by atoms with Crippen LogP contribution < -0.4 is 10.1 Å². The quantitative estimate of drug-likeness (QED) is 0.662. The molecule has 0 atom stereocenters. The van der Waals surface area contributed by atoms with Gasteiger partial charge < -0.3 is 0 Å². The van der Waals surface area contributed by atoms with E-state index in [0.717, 1.165) is 5.56 Å². The Morgan fingerprint density at radius 1 is 1.12 bits per heavy atom. The van der Waals surface area contributed by atoms with Gasteiger partial charge in [0.2, 0.25) is 0 Å². The van der Waals surface area contributed by atoms with Gasteiger partial charge in [-0.2, -0.15) is 0 Å². The molecule has 0 fully saturated rings. The zero-order valence-electron chi connectivity index (χ0n) is 9.35. The number of hydrogen-bond donors (Lipinski definition) is 1. The van der Waals surface area contributed by atoms with Gasteiger partial charge in [-0.15, -0.1) is 5.43 Å². The van der Waals surface area contributed by atoms with E-state index in [-0.39, 0.29) is 0 Å². The number of nitrogens with one attached hydrogen (secondary N) is 1. The van der Waals surface area contributed by atoms with Crippen molar-refractivity contribution in [3.8, 4) is 0 Å². The van der Waals surface area contributed by atoms with Crippen LogP contribution in [-0.2, 0) is 0 Å². The first-order valence-corrected chi connectivity index (χ1v) is 5.98. The lowest BCUT2D eigenvalue weighted by molar-refractivity contribution is -0.640. The molecule has 0 aliphatic rings. The van der Waals surface area contributed by atoms with E-state index in [1.165, 1.54) is 5.56 Å². The molecule has 2 nitrogen and oxygen atoms in total. The molecule has 2 aromatic rings. The molecule has 0 aliphatic heterocycles. The van der Waals surface area contributed by atoms with Crippen LogP contribution in [0, 0.1) is 6.92 Å². The first kappa shape index (κ1) is 12.0. The number of nitrogens with zero attached hydrogens (tertiary/aromatic N) is 1. The molecule has 86 valence electrons. The number of rotatable bonds is 2. The van der Waals surface area contributed by atoms with Crippen LogP contribution in [0.2, 0.25) is 5.02 Å². The Kier molecular flexibility index (Phi) is 3.71. The van der Waals surface area contributed by atoms with Gasteiger partial charge in [-0.05, 0) is 24.6 Å². The number of halogens is 1. The molecule has 0 radical (unpaired) electrons. The molecule has 1 aromatic carbocycles. The lowest BCUT2D eigenvalue weighted by Gasteiger charge is -2.02. The van der Waals surface area contributed by atoms with Crippen molar-refractivity contribution in [3.63, 3.8) is 0 Å². The third-order valence-electron chi connectivity index (χ3n) is 2.33. The lowest BCUT2D eigenvalue weighted by atomic mass is 10.2. The van der Waals surface area contributed by atoms with Gasteiger partial charge >= 0.3 is 0 Å². The molecule has 1 N–H and O–H groups in total. The number of aryl methyl sites for hydroxylation is 1. The van der Waals surface area contributed by atoms with E-state index in [2.05, 4.69) is 5.43 Å². The van der Waals surface area contributed by atoms with Crippen LogP contribution in [0.25, 0.3) is 0 Å². The van der Waals surface area contributed by atoms with E-state index in [1.54, 1.807) is 0 Å². The first-order valence-electron chi connectivity index (χ1n) is 5.20. The highest BCUT2D eigenvalue weighted by Crippen LogP contribution is 2.09. The summed E-state index contributed by atoms with van der Waals surface area (Å²) < 4.78 is 1.82. The lowest BCUT2D eigenvalue weighted by Crippen LogP contribution is -2.47. The molecule has 0 saturated carbocycles. The highest BCUT2D eigenvalue weighted by atomic mass is 35.5. The minimum Gasteiger partial charge on any atom is -0.149 e. The molecule has 1 aromatic heterocycles. The van der Waals surface area contributed by atoms with E-state index in [0.29, 0.717) is 10.0 Å². The van der Waals surface area contributed by atoms with Gasteiger partial charge in [0.15, 0.2) is 17.4 Å². The third kappa shape index (κ3) is 3.25. The van der Waals surface area contributed by atoms with Crippen molar-refractivity contribution < 1.29 is 4.68 Å². The summed E-state index contributed by atoms with van der Waals surface area (Å²) in [6.45, 7) is 2.04. The molecule has 0 unspecified atom stereocenters. The minimum absolute atomic E-state index is 0.663. The van der Waals surface area contributed by atoms with Crippen molar-refractivity contribution in [3.05, 3.63) is 64.9 Å². The molecule has 0 bridgehead atoms. The van der Waals surface area contributed by atoms with Gasteiger partial charge in [0, 0.05) is 22.7 Å². The number of aromatic nitrogens is 1. The average Bonchev–Trinajstić information content (AvgIpc) is 2.33. The predicted molar refractivity (Wildman–Crippen MR) is 73.9 cm³/mol. The van der Waals surface area contributed by atoms with Crippen molar-refractivity contribution in [2.24, 2.45) is 0 Å². The summed E-state index contributed by atoms with van der Waals surface area (Å²) in [5.74, 6) is 0. The Bertz CT molecular complexity index is 520. The maximum atomic E-state index is 5.83. The molecular formula is C13H12ClN2S+. The topological polar surface area (TPSA) is 15.9 Å². The Hall–Kier alpha value is -1.45. The largest absolute Gasteiger partial charge is 0.200 e. The van der Waals surface area contributed by atoms with Crippen molar-refractivity contribution in [1.82, 2.24) is 0 Å². The zero-order chi connectivity index (χ0) is 12.3. The Labute approximate surface area is 111 Å². The summed E-state index contributed by atoms with van der Waals surface area (Å²) in [6, 6.07) is 11.5. The van der Waals surface area contributed by atoms with Gasteiger partial charge in [-0.1, -0.05) is 40.6 Å². The van der Waals surface area contributed by atoms with Crippen molar-refractivity contribution in [2.75, 3.05) is 5.43 Å². The smallest absolute Gasteiger partial charge is 0.149 e. The van der Waals surface area contributed by atoms with E-state index in [1.807, 2.05) is 60.4 Å². The van der Waals surface area contributed by atoms with Gasteiger partial charge in [-0.3, -0.25) is 0 Å². The van der Waals surface area contributed by atoms with E-state index in [4.69, 9.17) is 23.8 Å². The van der Waals surface area contributed by atoms with Crippen LogP contribution >= 0.6 is 23.8 Å². The number of pyridine rings is 1. The molecule has 1 heterocycles. The molecule has 0 amide bonds. The van der Waals surface area contributed by atoms with Crippen molar-refractivity contribution in [1.29, 1.82) is 0 Å². The van der Waals surface area contributed by atoms with Gasteiger partial charge in [0.05, 0.1) is 0 Å². The van der Waals surface area contributed by atoms with Crippen LogP contribution in [0.15, 0.2) is 48.8 Å². The second-order valence-corrected chi connectivity index (χ2v) is 4.58. The van der Waals surface area contributed by atoms with Crippen LogP contribution in [0.3, 0.4) is 0 Å². The highest BCUT2D eigenvalue weighted by Gasteiger charge is 2.05. The monoisotopic (exact) mass is 263 g/mol. The SMILES string of the molecule is Cc1cc[n+](NC(=S)c2ccc(Cl)cc2)cc1. The molecule has 2 rings (SSSR count). The second kappa shape index (κ2) is 5.25. The molecule has 4 heteroatoms. The minimum atomic E-state index is 0.663. The average molecular weight is 264 g/mol. The first-order chi connectivity index (χ1) is 8.15. The molecule has 0 aliphatic carbocycles. The number of hydrogen-bond acceptors (Lipinski definition) is 1. The van der Waals surface area contributed by atoms with Crippen LogP contribution in [0.5, 0.6) is 0 Å². The Balaban J connectivity index is 2.11. The molecule has 0 saturated heterocycles. The summed E-state index contributed by atoms with van der Waals surface area (Å²) in [5, 5.41) is 0.708. The van der Waals surface area contributed by atoms with Gasteiger partial charge in [-0.25, -0.2) is 0 Å². The van der Waals surface area contributed by atoms with E-state index in [9.17, 15) is 0 Å². The Morgan fingerprint density at radius 3 is 2.29 bits per heavy atom. The summed E-state index contributed by atoms with van der Waals surface area (Å²) in [4.78, 5) is 0.663. The maximum absolute atomic E-state index is 5.83. The van der Waals surface area contributed by atoms with E-state index < -0.39 is 0 Å². The fourth-order valence-electron chi connectivity index (χ4n) is 1.36. The van der Waals surface area contributed by atoms with Gasteiger partial charge in [0.1, 0.15) is 0 Å². The second-order valence-electron chi connectivity index (χ2n) is 3.73. The maximum Gasteiger partial charge on any atom is 0.200 e. The number of thiocarbonyl (C=S) groups is 1. The standard InChI is InChI=1S/C13H11ClN2S/c1-10-6-8-16(9-7-10)15-13(17)11-2-4-12(14)5-3-11/h2-9H,1H3/p+1.